The number of rotatable bonds is 5. The van der Waals surface area contributed by atoms with E-state index in [0.717, 1.165) is 42.0 Å². The van der Waals surface area contributed by atoms with Gasteiger partial charge in [0, 0.05) is 25.0 Å². The molecule has 1 aliphatic heterocycles. The predicted molar refractivity (Wildman–Crippen MR) is 120 cm³/mol. The highest BCUT2D eigenvalue weighted by atomic mass is 16.5. The van der Waals surface area contributed by atoms with Crippen LogP contribution < -0.4 is 10.6 Å². The summed E-state index contributed by atoms with van der Waals surface area (Å²) in [6, 6.07) is 25.3. The van der Waals surface area contributed by atoms with Crippen LogP contribution in [0.5, 0.6) is 0 Å². The molecule has 5 nitrogen and oxygen atoms in total. The zero-order valence-corrected chi connectivity index (χ0v) is 16.7. The van der Waals surface area contributed by atoms with Crippen LogP contribution in [-0.2, 0) is 11.3 Å². The summed E-state index contributed by atoms with van der Waals surface area (Å²) in [5.41, 5.74) is 5.70. The molecule has 1 unspecified atom stereocenters. The maximum absolute atomic E-state index is 5.83. The zero-order valence-electron chi connectivity index (χ0n) is 16.7. The molecular formula is C25H24N4O. The number of ether oxygens (including phenoxy) is 1. The van der Waals surface area contributed by atoms with E-state index in [0.29, 0.717) is 6.54 Å². The summed E-state index contributed by atoms with van der Waals surface area (Å²) in [7, 11) is 0. The van der Waals surface area contributed by atoms with Crippen molar-refractivity contribution in [1.82, 2.24) is 15.3 Å². The molecule has 0 amide bonds. The Hall–Kier alpha value is -3.28. The summed E-state index contributed by atoms with van der Waals surface area (Å²) in [6.07, 6.45) is 1.76. The summed E-state index contributed by atoms with van der Waals surface area (Å²) < 4.78 is 5.83. The van der Waals surface area contributed by atoms with Crippen molar-refractivity contribution in [2.75, 3.05) is 25.0 Å². The van der Waals surface area contributed by atoms with E-state index in [4.69, 9.17) is 4.74 Å². The van der Waals surface area contributed by atoms with Crippen LogP contribution in [0.2, 0.25) is 0 Å². The second kappa shape index (κ2) is 8.61. The Balaban J connectivity index is 1.31. The molecule has 150 valence electrons. The first kappa shape index (κ1) is 18.7. The third kappa shape index (κ3) is 4.03. The zero-order chi connectivity index (χ0) is 20.2. The standard InChI is InChI=1S/C25H24N4O/c1-2-4-19(5-3-1)21-10-11-22-23(14-21)28-17-29-25(22)27-15-18-6-8-20(9-7-18)24-16-26-12-13-30-24/h1-11,14,17,24,26H,12-13,15-16H2,(H,27,28,29). The number of nitrogens with one attached hydrogen (secondary N) is 2. The second-order valence-corrected chi connectivity index (χ2v) is 7.48. The number of anilines is 1. The van der Waals surface area contributed by atoms with Gasteiger partial charge < -0.3 is 15.4 Å². The molecule has 1 saturated heterocycles. The first-order valence-corrected chi connectivity index (χ1v) is 10.3. The summed E-state index contributed by atoms with van der Waals surface area (Å²) in [5, 5.41) is 7.87. The SMILES string of the molecule is c1ccc(-c2ccc3c(NCc4ccc(C5CNCCO5)cc4)ncnc3c2)cc1. The van der Waals surface area contributed by atoms with Gasteiger partial charge in [0.05, 0.1) is 18.2 Å². The molecule has 2 heterocycles. The molecule has 1 atom stereocenters. The molecule has 0 radical (unpaired) electrons. The molecule has 5 heteroatoms. The summed E-state index contributed by atoms with van der Waals surface area (Å²) in [4.78, 5) is 8.94. The molecule has 3 aromatic carbocycles. The third-order valence-electron chi connectivity index (χ3n) is 5.48. The van der Waals surface area contributed by atoms with Crippen molar-refractivity contribution in [2.45, 2.75) is 12.6 Å². The quantitative estimate of drug-likeness (QED) is 0.517. The fraction of sp³-hybridized carbons (Fsp3) is 0.200. The van der Waals surface area contributed by atoms with Gasteiger partial charge in [0.25, 0.3) is 0 Å². The van der Waals surface area contributed by atoms with Crippen molar-refractivity contribution >= 4 is 16.7 Å². The van der Waals surface area contributed by atoms with Crippen molar-refractivity contribution in [3.63, 3.8) is 0 Å². The van der Waals surface area contributed by atoms with Crippen LogP contribution in [0.3, 0.4) is 0 Å². The van der Waals surface area contributed by atoms with E-state index in [2.05, 4.69) is 87.3 Å². The molecule has 1 aromatic heterocycles. The van der Waals surface area contributed by atoms with Crippen molar-refractivity contribution in [1.29, 1.82) is 0 Å². The lowest BCUT2D eigenvalue weighted by Crippen LogP contribution is -2.33. The highest BCUT2D eigenvalue weighted by molar-refractivity contribution is 5.91. The lowest BCUT2D eigenvalue weighted by atomic mass is 10.0. The minimum atomic E-state index is 0.144. The number of benzene rings is 3. The molecular weight excluding hydrogens is 372 g/mol. The van der Waals surface area contributed by atoms with Crippen LogP contribution >= 0.6 is 0 Å². The highest BCUT2D eigenvalue weighted by Crippen LogP contribution is 2.26. The summed E-state index contributed by atoms with van der Waals surface area (Å²) >= 11 is 0. The van der Waals surface area contributed by atoms with E-state index in [9.17, 15) is 0 Å². The molecule has 0 spiro atoms. The maximum Gasteiger partial charge on any atom is 0.137 e. The van der Waals surface area contributed by atoms with Crippen molar-refractivity contribution in [3.05, 3.63) is 90.3 Å². The Morgan fingerprint density at radius 1 is 0.933 bits per heavy atom. The Bertz CT molecular complexity index is 1120. The molecule has 1 aliphatic rings. The van der Waals surface area contributed by atoms with Crippen LogP contribution in [-0.4, -0.2) is 29.7 Å². The highest BCUT2D eigenvalue weighted by Gasteiger charge is 2.15. The van der Waals surface area contributed by atoms with E-state index in [1.807, 2.05) is 6.07 Å². The van der Waals surface area contributed by atoms with Crippen molar-refractivity contribution in [3.8, 4) is 11.1 Å². The molecule has 2 N–H and O–H groups in total. The van der Waals surface area contributed by atoms with Crippen LogP contribution in [0.1, 0.15) is 17.2 Å². The van der Waals surface area contributed by atoms with Gasteiger partial charge in [0.2, 0.25) is 0 Å². The van der Waals surface area contributed by atoms with E-state index in [1.54, 1.807) is 6.33 Å². The van der Waals surface area contributed by atoms with Crippen LogP contribution in [0.25, 0.3) is 22.0 Å². The van der Waals surface area contributed by atoms with Crippen molar-refractivity contribution in [2.24, 2.45) is 0 Å². The maximum atomic E-state index is 5.83. The molecule has 4 aromatic rings. The number of hydrogen-bond acceptors (Lipinski definition) is 5. The average molecular weight is 396 g/mol. The topological polar surface area (TPSA) is 59.1 Å². The lowest BCUT2D eigenvalue weighted by molar-refractivity contribution is 0.0277. The van der Waals surface area contributed by atoms with Gasteiger partial charge in [-0.25, -0.2) is 9.97 Å². The van der Waals surface area contributed by atoms with Gasteiger partial charge in [-0.2, -0.15) is 0 Å². The van der Waals surface area contributed by atoms with E-state index >= 15 is 0 Å². The first-order valence-electron chi connectivity index (χ1n) is 10.3. The normalized spacial score (nSPS) is 16.5. The monoisotopic (exact) mass is 396 g/mol. The lowest BCUT2D eigenvalue weighted by Gasteiger charge is -2.24. The molecule has 0 saturated carbocycles. The minimum absolute atomic E-state index is 0.144. The Morgan fingerprint density at radius 3 is 2.60 bits per heavy atom. The van der Waals surface area contributed by atoms with Crippen LogP contribution in [0.4, 0.5) is 5.82 Å². The van der Waals surface area contributed by atoms with E-state index in [-0.39, 0.29) is 6.10 Å². The van der Waals surface area contributed by atoms with Gasteiger partial charge >= 0.3 is 0 Å². The summed E-state index contributed by atoms with van der Waals surface area (Å²) in [6.45, 7) is 3.27. The molecule has 5 rings (SSSR count). The van der Waals surface area contributed by atoms with Crippen molar-refractivity contribution < 1.29 is 4.74 Å². The number of nitrogens with zero attached hydrogens (tertiary/aromatic N) is 2. The average Bonchev–Trinajstić information content (AvgIpc) is 2.84. The van der Waals surface area contributed by atoms with Gasteiger partial charge in [0.15, 0.2) is 0 Å². The van der Waals surface area contributed by atoms with Gasteiger partial charge in [-0.05, 0) is 34.4 Å². The number of morpholine rings is 1. The predicted octanol–water partition coefficient (Wildman–Crippen LogP) is 4.57. The van der Waals surface area contributed by atoms with Gasteiger partial charge in [-0.3, -0.25) is 0 Å². The molecule has 30 heavy (non-hydrogen) atoms. The number of aromatic nitrogens is 2. The molecule has 0 aliphatic carbocycles. The number of hydrogen-bond donors (Lipinski definition) is 2. The number of fused-ring (bicyclic) bond motifs is 1. The van der Waals surface area contributed by atoms with Gasteiger partial charge in [0.1, 0.15) is 12.1 Å². The Morgan fingerprint density at radius 2 is 1.80 bits per heavy atom. The second-order valence-electron chi connectivity index (χ2n) is 7.48. The van der Waals surface area contributed by atoms with Gasteiger partial charge in [-0.1, -0.05) is 60.7 Å². The van der Waals surface area contributed by atoms with E-state index in [1.165, 1.54) is 16.7 Å². The Labute approximate surface area is 176 Å². The summed E-state index contributed by atoms with van der Waals surface area (Å²) in [5.74, 6) is 0.850. The fourth-order valence-electron chi connectivity index (χ4n) is 3.82. The van der Waals surface area contributed by atoms with Gasteiger partial charge in [-0.15, -0.1) is 0 Å². The van der Waals surface area contributed by atoms with Crippen LogP contribution in [0.15, 0.2) is 79.1 Å². The largest absolute Gasteiger partial charge is 0.371 e. The first-order chi connectivity index (χ1) is 14.9. The van der Waals surface area contributed by atoms with E-state index < -0.39 is 0 Å². The Kier molecular flexibility index (Phi) is 5.38. The molecule has 0 bridgehead atoms. The third-order valence-corrected chi connectivity index (χ3v) is 5.48. The van der Waals surface area contributed by atoms with Crippen LogP contribution in [0, 0.1) is 0 Å². The fourth-order valence-corrected chi connectivity index (χ4v) is 3.82. The smallest absolute Gasteiger partial charge is 0.137 e. The molecule has 1 fully saturated rings. The minimum Gasteiger partial charge on any atom is -0.371 e.